The Labute approximate surface area is 77.0 Å². The number of rotatable bonds is 2. The molecule has 0 unspecified atom stereocenters. The monoisotopic (exact) mass is 176 g/mol. The van der Waals surface area contributed by atoms with Crippen molar-refractivity contribution in [3.63, 3.8) is 0 Å². The maximum absolute atomic E-state index is 4.41. The highest BCUT2D eigenvalue weighted by molar-refractivity contribution is 6.07. The van der Waals surface area contributed by atoms with E-state index in [1.54, 1.807) is 6.20 Å². The van der Waals surface area contributed by atoms with Crippen molar-refractivity contribution >= 4 is 5.71 Å². The van der Waals surface area contributed by atoms with Crippen LogP contribution in [0.25, 0.3) is 0 Å². The SMILES string of the molecule is CCn1nncc1C1=NCCC=C1. The van der Waals surface area contributed by atoms with E-state index in [0.717, 1.165) is 30.9 Å². The lowest BCUT2D eigenvalue weighted by molar-refractivity contribution is 0.622. The second kappa shape index (κ2) is 3.51. The Bertz CT molecular complexity index is 348. The minimum absolute atomic E-state index is 0.836. The van der Waals surface area contributed by atoms with Gasteiger partial charge in [0.2, 0.25) is 0 Å². The first-order valence-corrected chi connectivity index (χ1v) is 4.51. The molecule has 4 heteroatoms. The van der Waals surface area contributed by atoms with Gasteiger partial charge < -0.3 is 0 Å². The lowest BCUT2D eigenvalue weighted by atomic mass is 10.2. The summed E-state index contributed by atoms with van der Waals surface area (Å²) < 4.78 is 1.86. The molecule has 0 bridgehead atoms. The summed E-state index contributed by atoms with van der Waals surface area (Å²) >= 11 is 0. The van der Waals surface area contributed by atoms with Crippen LogP contribution in [0, 0.1) is 0 Å². The second-order valence-electron chi connectivity index (χ2n) is 2.89. The Hall–Kier alpha value is -1.45. The molecule has 13 heavy (non-hydrogen) atoms. The van der Waals surface area contributed by atoms with Crippen LogP contribution >= 0.6 is 0 Å². The average molecular weight is 176 g/mol. The molecule has 0 N–H and O–H groups in total. The van der Waals surface area contributed by atoms with Gasteiger partial charge in [0.15, 0.2) is 0 Å². The molecule has 0 radical (unpaired) electrons. The van der Waals surface area contributed by atoms with Gasteiger partial charge in [0.05, 0.1) is 11.9 Å². The third kappa shape index (κ3) is 1.52. The first kappa shape index (κ1) is 8.16. The molecule has 4 nitrogen and oxygen atoms in total. The van der Waals surface area contributed by atoms with E-state index in [-0.39, 0.29) is 0 Å². The summed E-state index contributed by atoms with van der Waals surface area (Å²) in [6.07, 6.45) is 6.97. The molecule has 1 aliphatic rings. The molecular formula is C9H12N4. The van der Waals surface area contributed by atoms with Crippen LogP contribution in [0.3, 0.4) is 0 Å². The Morgan fingerprint density at radius 1 is 1.54 bits per heavy atom. The molecule has 68 valence electrons. The van der Waals surface area contributed by atoms with Crippen LogP contribution in [-0.4, -0.2) is 27.3 Å². The maximum Gasteiger partial charge on any atom is 0.106 e. The van der Waals surface area contributed by atoms with Crippen molar-refractivity contribution in [2.75, 3.05) is 6.54 Å². The third-order valence-corrected chi connectivity index (χ3v) is 2.03. The van der Waals surface area contributed by atoms with Crippen LogP contribution in [0.1, 0.15) is 19.0 Å². The Kier molecular flexibility index (Phi) is 2.21. The van der Waals surface area contributed by atoms with Crippen LogP contribution < -0.4 is 0 Å². The smallest absolute Gasteiger partial charge is 0.106 e. The molecule has 2 rings (SSSR count). The second-order valence-corrected chi connectivity index (χ2v) is 2.89. The van der Waals surface area contributed by atoms with E-state index >= 15 is 0 Å². The van der Waals surface area contributed by atoms with Crippen LogP contribution in [0.5, 0.6) is 0 Å². The van der Waals surface area contributed by atoms with Crippen molar-refractivity contribution in [3.05, 3.63) is 24.0 Å². The fourth-order valence-corrected chi connectivity index (χ4v) is 1.36. The first-order chi connectivity index (χ1) is 6.42. The standard InChI is InChI=1S/C9H12N4/c1-2-13-9(7-11-12-13)8-5-3-4-6-10-8/h3,5,7H,2,4,6H2,1H3. The van der Waals surface area contributed by atoms with Crippen molar-refractivity contribution in [1.82, 2.24) is 15.0 Å². The van der Waals surface area contributed by atoms with Gasteiger partial charge in [-0.2, -0.15) is 0 Å². The predicted molar refractivity (Wildman–Crippen MR) is 50.9 cm³/mol. The quantitative estimate of drug-likeness (QED) is 0.676. The maximum atomic E-state index is 4.41. The van der Waals surface area contributed by atoms with E-state index < -0.39 is 0 Å². The van der Waals surface area contributed by atoms with Gasteiger partial charge in [-0.1, -0.05) is 11.3 Å². The third-order valence-electron chi connectivity index (χ3n) is 2.03. The summed E-state index contributed by atoms with van der Waals surface area (Å²) in [6.45, 7) is 3.76. The number of nitrogens with zero attached hydrogens (tertiary/aromatic N) is 4. The number of allylic oxidation sites excluding steroid dienone is 1. The van der Waals surface area contributed by atoms with Gasteiger partial charge in [0.25, 0.3) is 0 Å². The highest BCUT2D eigenvalue weighted by atomic mass is 15.4. The van der Waals surface area contributed by atoms with Crippen LogP contribution in [0.4, 0.5) is 0 Å². The van der Waals surface area contributed by atoms with Crippen molar-refractivity contribution < 1.29 is 0 Å². The number of hydrogen-bond donors (Lipinski definition) is 0. The minimum Gasteiger partial charge on any atom is -0.283 e. The molecule has 0 saturated heterocycles. The zero-order valence-corrected chi connectivity index (χ0v) is 7.64. The molecule has 0 atom stereocenters. The van der Waals surface area contributed by atoms with E-state index in [1.165, 1.54) is 0 Å². The summed E-state index contributed by atoms with van der Waals surface area (Å²) in [5.74, 6) is 0. The number of aromatic nitrogens is 3. The topological polar surface area (TPSA) is 43.1 Å². The minimum atomic E-state index is 0.836. The molecular weight excluding hydrogens is 164 g/mol. The molecule has 0 aromatic carbocycles. The van der Waals surface area contributed by atoms with Crippen molar-refractivity contribution in [2.24, 2.45) is 4.99 Å². The Balaban J connectivity index is 2.34. The van der Waals surface area contributed by atoms with Crippen LogP contribution in [0.15, 0.2) is 23.3 Å². The lowest BCUT2D eigenvalue weighted by Gasteiger charge is -2.06. The van der Waals surface area contributed by atoms with Gasteiger partial charge >= 0.3 is 0 Å². The van der Waals surface area contributed by atoms with Gasteiger partial charge in [-0.05, 0) is 19.4 Å². The van der Waals surface area contributed by atoms with Gasteiger partial charge in [-0.25, -0.2) is 4.68 Å². The highest BCUT2D eigenvalue weighted by Crippen LogP contribution is 2.05. The summed E-state index contributed by atoms with van der Waals surface area (Å²) in [7, 11) is 0. The van der Waals surface area contributed by atoms with Gasteiger partial charge in [0.1, 0.15) is 5.69 Å². The fraction of sp³-hybridized carbons (Fsp3) is 0.444. The number of aliphatic imine (C=N–C) groups is 1. The Morgan fingerprint density at radius 3 is 3.15 bits per heavy atom. The van der Waals surface area contributed by atoms with Crippen molar-refractivity contribution in [2.45, 2.75) is 19.9 Å². The molecule has 0 spiro atoms. The van der Waals surface area contributed by atoms with Crippen LogP contribution in [-0.2, 0) is 6.54 Å². The zero-order valence-electron chi connectivity index (χ0n) is 7.64. The highest BCUT2D eigenvalue weighted by Gasteiger charge is 2.08. The summed E-state index contributed by atoms with van der Waals surface area (Å²) in [4.78, 5) is 4.41. The summed E-state index contributed by atoms with van der Waals surface area (Å²) in [5.41, 5.74) is 2.01. The largest absolute Gasteiger partial charge is 0.283 e. The van der Waals surface area contributed by atoms with E-state index in [0.29, 0.717) is 0 Å². The van der Waals surface area contributed by atoms with Gasteiger partial charge in [-0.3, -0.25) is 4.99 Å². The molecule has 0 fully saturated rings. The predicted octanol–water partition coefficient (Wildman–Crippen LogP) is 1.05. The summed E-state index contributed by atoms with van der Waals surface area (Å²) in [5, 5.41) is 7.83. The first-order valence-electron chi connectivity index (χ1n) is 4.51. The van der Waals surface area contributed by atoms with Crippen molar-refractivity contribution in [1.29, 1.82) is 0 Å². The fourth-order valence-electron chi connectivity index (χ4n) is 1.36. The lowest BCUT2D eigenvalue weighted by Crippen LogP contribution is -2.10. The summed E-state index contributed by atoms with van der Waals surface area (Å²) in [6, 6.07) is 0. The molecule has 2 heterocycles. The molecule has 1 aromatic heterocycles. The number of dihydropyridines is 1. The Morgan fingerprint density at radius 2 is 2.46 bits per heavy atom. The van der Waals surface area contributed by atoms with Gasteiger partial charge in [0, 0.05) is 13.1 Å². The normalized spacial score (nSPS) is 15.9. The zero-order chi connectivity index (χ0) is 9.10. The van der Waals surface area contributed by atoms with E-state index in [4.69, 9.17) is 0 Å². The molecule has 0 aliphatic carbocycles. The van der Waals surface area contributed by atoms with E-state index in [1.807, 2.05) is 17.7 Å². The number of hydrogen-bond acceptors (Lipinski definition) is 3. The molecule has 0 amide bonds. The molecule has 1 aliphatic heterocycles. The molecule has 0 saturated carbocycles. The van der Waals surface area contributed by atoms with E-state index in [9.17, 15) is 0 Å². The van der Waals surface area contributed by atoms with E-state index in [2.05, 4.69) is 21.4 Å². The number of aryl methyl sites for hydroxylation is 1. The van der Waals surface area contributed by atoms with Crippen LogP contribution in [0.2, 0.25) is 0 Å². The van der Waals surface area contributed by atoms with Gasteiger partial charge in [-0.15, -0.1) is 5.10 Å². The molecule has 1 aromatic rings. The average Bonchev–Trinajstić information content (AvgIpc) is 2.67. The van der Waals surface area contributed by atoms with Crippen molar-refractivity contribution in [3.8, 4) is 0 Å².